The molecule has 0 bridgehead atoms. The van der Waals surface area contributed by atoms with E-state index < -0.39 is 23.4 Å². The fraction of sp³-hybridized carbons (Fsp3) is 0. The summed E-state index contributed by atoms with van der Waals surface area (Å²) in [5.41, 5.74) is 9.86. The van der Waals surface area contributed by atoms with Crippen LogP contribution in [0.3, 0.4) is 0 Å². The Hall–Kier alpha value is -2.12. The van der Waals surface area contributed by atoms with Crippen LogP contribution in [0, 0.1) is 10.4 Å². The highest BCUT2D eigenvalue weighted by Crippen LogP contribution is 2.24. The number of hydrogen-bond acceptors (Lipinski definition) is 6. The van der Waals surface area contributed by atoms with E-state index in [-0.39, 0.29) is 9.46 Å². The van der Waals surface area contributed by atoms with Gasteiger partial charge in [-0.05, 0) is 0 Å². The van der Waals surface area contributed by atoms with Crippen LogP contribution in [0.2, 0.25) is 0 Å². The van der Waals surface area contributed by atoms with Crippen molar-refractivity contribution < 1.29 is 19.7 Å². The molecule has 0 saturated heterocycles. The molecule has 0 unspecified atom stereocenters. The lowest BCUT2D eigenvalue weighted by molar-refractivity contribution is -0.714. The van der Waals surface area contributed by atoms with Gasteiger partial charge in [0.15, 0.2) is 0 Å². The average Bonchev–Trinajstić information content (AvgIpc) is 2.08. The molecule has 1 heterocycles. The highest BCUT2D eigenvalue weighted by atomic mass is 16.5. The first-order chi connectivity index (χ1) is 5.46. The molecule has 0 aromatic carbocycles. The summed E-state index contributed by atoms with van der Waals surface area (Å²) < 4.78 is -0.527. The Balaban J connectivity index is 3.60. The fourth-order valence-electron chi connectivity index (χ4n) is 0.621. The normalized spacial score (nSPS) is 10.0. The van der Waals surface area contributed by atoms with Crippen LogP contribution in [0.25, 0.3) is 0 Å². The minimum Gasteiger partial charge on any atom is -0.674 e. The maximum absolute atomic E-state index is 10.7. The van der Waals surface area contributed by atoms with Crippen LogP contribution < -0.4 is 20.9 Å². The number of anilines is 2. The molecule has 1 aromatic heterocycles. The van der Waals surface area contributed by atoms with Gasteiger partial charge >= 0.3 is 11.8 Å². The number of nitrogens with two attached hydrogens (primary N) is 2. The maximum Gasteiger partial charge on any atom is 0.540 e. The van der Waals surface area contributed by atoms with Crippen molar-refractivity contribution in [2.45, 2.75) is 0 Å². The first kappa shape index (κ1) is 7.98. The van der Waals surface area contributed by atoms with Crippen molar-refractivity contribution in [2.75, 3.05) is 11.5 Å². The topological polar surface area (TPSA) is 146 Å². The summed E-state index contributed by atoms with van der Waals surface area (Å²) in [6.07, 6.45) is 0. The van der Waals surface area contributed by atoms with Gasteiger partial charge in [0.1, 0.15) is 0 Å². The second-order valence-electron chi connectivity index (χ2n) is 2.00. The van der Waals surface area contributed by atoms with Gasteiger partial charge in [0, 0.05) is 0 Å². The zero-order valence-corrected chi connectivity index (χ0v) is 5.76. The van der Waals surface area contributed by atoms with Crippen molar-refractivity contribution >= 4 is 11.8 Å². The van der Waals surface area contributed by atoms with E-state index in [1.54, 1.807) is 0 Å². The zero-order chi connectivity index (χ0) is 9.46. The van der Waals surface area contributed by atoms with Crippen molar-refractivity contribution in [1.29, 1.82) is 0 Å². The average molecular weight is 174 g/mol. The molecule has 0 saturated carbocycles. The molecule has 66 valence electrons. The molecule has 1 aromatic rings. The van der Waals surface area contributed by atoms with Crippen LogP contribution in [0.5, 0.6) is 11.6 Å². The van der Waals surface area contributed by atoms with E-state index in [0.717, 1.165) is 0 Å². The number of aromatic hydroxyl groups is 2. The summed E-state index contributed by atoms with van der Waals surface area (Å²) in [6.45, 7) is 0. The van der Waals surface area contributed by atoms with Gasteiger partial charge in [-0.1, -0.05) is 0 Å². The first-order valence-electron chi connectivity index (χ1n) is 2.78. The molecule has 0 spiro atoms. The lowest BCUT2D eigenvalue weighted by Gasteiger charge is -2.09. The quantitative estimate of drug-likeness (QED) is 0.253. The third-order valence-corrected chi connectivity index (χ3v) is 1.28. The summed E-state index contributed by atoms with van der Waals surface area (Å²) in [4.78, 5) is 0. The lowest BCUT2D eigenvalue weighted by atomic mass is 10.5. The van der Waals surface area contributed by atoms with Crippen LogP contribution in [-0.4, -0.2) is 10.2 Å². The minimum atomic E-state index is -1.10. The van der Waals surface area contributed by atoms with Crippen molar-refractivity contribution in [2.24, 2.45) is 0 Å². The van der Waals surface area contributed by atoms with Crippen LogP contribution in [-0.2, 0) is 0 Å². The summed E-state index contributed by atoms with van der Waals surface area (Å²) in [7, 11) is 0. The molecule has 1 rings (SSSR count). The molecular weight excluding hydrogens is 168 g/mol. The second kappa shape index (κ2) is 2.19. The van der Waals surface area contributed by atoms with Gasteiger partial charge in [-0.2, -0.15) is 0 Å². The number of aromatic nitrogens is 2. The van der Waals surface area contributed by atoms with E-state index in [9.17, 15) is 10.4 Å². The van der Waals surface area contributed by atoms with Gasteiger partial charge in [0.2, 0.25) is 0 Å². The third-order valence-electron chi connectivity index (χ3n) is 1.28. The Morgan fingerprint density at radius 3 is 2.08 bits per heavy atom. The van der Waals surface area contributed by atoms with Crippen molar-refractivity contribution in [3.8, 4) is 11.6 Å². The Kier molecular flexibility index (Phi) is 1.45. The van der Waals surface area contributed by atoms with Gasteiger partial charge in [-0.3, -0.25) is 0 Å². The van der Waals surface area contributed by atoms with E-state index in [1.165, 1.54) is 0 Å². The molecule has 0 aliphatic heterocycles. The molecular formula is C4H6N4O4. The second-order valence-corrected chi connectivity index (χ2v) is 2.00. The highest BCUT2D eigenvalue weighted by Gasteiger charge is 2.24. The van der Waals surface area contributed by atoms with E-state index in [0.29, 0.717) is 0 Å². The molecule has 0 radical (unpaired) electrons. The van der Waals surface area contributed by atoms with E-state index in [4.69, 9.17) is 21.7 Å². The molecule has 0 fully saturated rings. The standard InChI is InChI=1S/C4H6N4O4/c5-2-1(9)3(10)8(12)4(6)7(2)11/h9-10H,5-6H2. The molecule has 6 N–H and O–H groups in total. The third kappa shape index (κ3) is 0.779. The molecule has 8 heteroatoms. The summed E-state index contributed by atoms with van der Waals surface area (Å²) in [5.74, 6) is -3.67. The molecule has 0 aliphatic carbocycles. The molecule has 0 atom stereocenters. The molecule has 0 amide bonds. The fourth-order valence-corrected chi connectivity index (χ4v) is 0.621. The minimum absolute atomic E-state index is 0.192. The van der Waals surface area contributed by atoms with Crippen molar-refractivity contribution in [3.05, 3.63) is 10.4 Å². The molecule has 8 nitrogen and oxygen atoms in total. The van der Waals surface area contributed by atoms with E-state index in [1.807, 2.05) is 0 Å². The number of hydrogen-bond donors (Lipinski definition) is 4. The predicted molar refractivity (Wildman–Crippen MR) is 36.5 cm³/mol. The Morgan fingerprint density at radius 2 is 1.58 bits per heavy atom. The predicted octanol–water partition coefficient (Wildman–Crippen LogP) is -2.47. The Bertz CT molecular complexity index is 233. The van der Waals surface area contributed by atoms with Crippen LogP contribution in [0.15, 0.2) is 0 Å². The Labute approximate surface area is 66.1 Å². The van der Waals surface area contributed by atoms with Crippen molar-refractivity contribution in [1.82, 2.24) is 0 Å². The molecule has 12 heavy (non-hydrogen) atoms. The summed E-state index contributed by atoms with van der Waals surface area (Å²) >= 11 is 0. The number of nitrogen functional groups attached to an aromatic ring is 2. The van der Waals surface area contributed by atoms with Crippen LogP contribution >= 0.6 is 0 Å². The number of rotatable bonds is 0. The summed E-state index contributed by atoms with van der Waals surface area (Å²) in [6, 6.07) is 0. The maximum atomic E-state index is 10.7. The van der Waals surface area contributed by atoms with Gasteiger partial charge < -0.3 is 26.4 Å². The highest BCUT2D eigenvalue weighted by molar-refractivity contribution is 5.45. The van der Waals surface area contributed by atoms with Gasteiger partial charge in [-0.25, -0.2) is 5.73 Å². The van der Waals surface area contributed by atoms with Crippen LogP contribution in [0.4, 0.5) is 11.8 Å². The number of nitrogens with zero attached hydrogens (tertiary/aromatic N) is 2. The van der Waals surface area contributed by atoms with E-state index >= 15 is 0 Å². The monoisotopic (exact) mass is 174 g/mol. The van der Waals surface area contributed by atoms with Crippen molar-refractivity contribution in [3.63, 3.8) is 0 Å². The van der Waals surface area contributed by atoms with Crippen LogP contribution in [0.1, 0.15) is 0 Å². The summed E-state index contributed by atoms with van der Waals surface area (Å²) in [5, 5.41) is 39.0. The SMILES string of the molecule is Nc1c(O)c(O)[n+]([O-])c(N)[n+]1[O-]. The zero-order valence-electron chi connectivity index (χ0n) is 5.76. The van der Waals surface area contributed by atoms with E-state index in [2.05, 4.69) is 0 Å². The lowest BCUT2D eigenvalue weighted by Crippen LogP contribution is -2.47. The smallest absolute Gasteiger partial charge is 0.540 e. The van der Waals surface area contributed by atoms with Gasteiger partial charge in [0.25, 0.3) is 11.6 Å². The van der Waals surface area contributed by atoms with Gasteiger partial charge in [-0.15, -0.1) is 9.46 Å². The largest absolute Gasteiger partial charge is 0.674 e. The Morgan fingerprint density at radius 1 is 1.08 bits per heavy atom. The molecule has 0 aliphatic rings. The van der Waals surface area contributed by atoms with Gasteiger partial charge in [0.05, 0.1) is 0 Å². The first-order valence-corrected chi connectivity index (χ1v) is 2.78.